The topological polar surface area (TPSA) is 134 Å². The van der Waals surface area contributed by atoms with Crippen molar-refractivity contribution >= 4 is 39.1 Å². The molecule has 2 aromatic carbocycles. The van der Waals surface area contributed by atoms with Crippen LogP contribution in [0.4, 0.5) is 5.69 Å². The van der Waals surface area contributed by atoms with Gasteiger partial charge in [0.2, 0.25) is 10.0 Å². The van der Waals surface area contributed by atoms with Crippen LogP contribution in [-0.2, 0) is 17.1 Å². The summed E-state index contributed by atoms with van der Waals surface area (Å²) >= 11 is 5.95. The molecule has 1 aliphatic rings. The van der Waals surface area contributed by atoms with Gasteiger partial charge in [-0.25, -0.2) is 8.42 Å². The minimum absolute atomic E-state index is 0.0513. The fourth-order valence-corrected chi connectivity index (χ4v) is 6.02. The summed E-state index contributed by atoms with van der Waals surface area (Å²) in [4.78, 5) is 28.5. The number of likely N-dealkylation sites (N-methyl/N-ethyl adjacent to an activating group) is 1. The Morgan fingerprint density at radius 3 is 2.56 bits per heavy atom. The van der Waals surface area contributed by atoms with E-state index in [0.717, 1.165) is 0 Å². The first-order valence-electron chi connectivity index (χ1n) is 13.1. The third-order valence-corrected chi connectivity index (χ3v) is 9.22. The first-order chi connectivity index (χ1) is 19.3. The number of sulfonamides is 1. The van der Waals surface area contributed by atoms with Crippen molar-refractivity contribution in [2.45, 2.75) is 37.8 Å². The Kier molecular flexibility index (Phi) is 9.07. The van der Waals surface area contributed by atoms with Crippen LogP contribution in [0.5, 0.6) is 5.75 Å². The molecule has 4 rings (SSSR count). The maximum absolute atomic E-state index is 13.7. The van der Waals surface area contributed by atoms with Gasteiger partial charge in [0.1, 0.15) is 11.8 Å². The van der Waals surface area contributed by atoms with Crippen LogP contribution in [0.25, 0.3) is 0 Å². The van der Waals surface area contributed by atoms with Gasteiger partial charge in [0.25, 0.3) is 11.8 Å². The number of hydrogen-bond acceptors (Lipinski definition) is 7. The number of carbonyl (C=O) groups is 2. The fraction of sp³-hybridized carbons (Fsp3) is 0.393. The average Bonchev–Trinajstić information content (AvgIpc) is 3.28. The molecule has 220 valence electrons. The molecule has 0 aliphatic carbocycles. The predicted octanol–water partition coefficient (Wildman–Crippen LogP) is 3.18. The average molecular weight is 604 g/mol. The third-order valence-electron chi connectivity index (χ3n) is 7.13. The summed E-state index contributed by atoms with van der Waals surface area (Å²) in [6, 6.07) is 11.8. The van der Waals surface area contributed by atoms with Crippen LogP contribution < -0.4 is 10.1 Å². The molecule has 11 nitrogen and oxygen atoms in total. The van der Waals surface area contributed by atoms with Crippen molar-refractivity contribution < 1.29 is 27.9 Å². The van der Waals surface area contributed by atoms with Gasteiger partial charge in [-0.1, -0.05) is 24.6 Å². The highest BCUT2D eigenvalue weighted by atomic mass is 35.5. The molecule has 3 aromatic rings. The molecule has 0 saturated heterocycles. The van der Waals surface area contributed by atoms with Gasteiger partial charge in [0.05, 0.1) is 41.0 Å². The van der Waals surface area contributed by atoms with Gasteiger partial charge in [0, 0.05) is 31.6 Å². The molecule has 0 unspecified atom stereocenters. The Balaban J connectivity index is 1.73. The van der Waals surface area contributed by atoms with Gasteiger partial charge >= 0.3 is 0 Å². The van der Waals surface area contributed by atoms with Gasteiger partial charge in [-0.15, -0.1) is 0 Å². The molecule has 2 heterocycles. The molecule has 0 spiro atoms. The Morgan fingerprint density at radius 2 is 1.95 bits per heavy atom. The van der Waals surface area contributed by atoms with E-state index in [1.165, 1.54) is 40.3 Å². The number of fused-ring (bicyclic) bond motifs is 1. The molecule has 0 fully saturated rings. The van der Waals surface area contributed by atoms with Crippen LogP contribution in [0.2, 0.25) is 5.02 Å². The van der Waals surface area contributed by atoms with Crippen LogP contribution in [-0.4, -0.2) is 83.2 Å². The van der Waals surface area contributed by atoms with Crippen molar-refractivity contribution in [2.75, 3.05) is 32.1 Å². The van der Waals surface area contributed by atoms with E-state index in [1.54, 1.807) is 50.1 Å². The summed E-state index contributed by atoms with van der Waals surface area (Å²) in [6.07, 6.45) is -0.723. The maximum atomic E-state index is 13.7. The zero-order valence-corrected chi connectivity index (χ0v) is 25.1. The first kappa shape index (κ1) is 30.5. The van der Waals surface area contributed by atoms with Gasteiger partial charge in [-0.2, -0.15) is 9.40 Å². The smallest absolute Gasteiger partial charge is 0.274 e. The molecule has 13 heteroatoms. The van der Waals surface area contributed by atoms with E-state index in [4.69, 9.17) is 16.3 Å². The van der Waals surface area contributed by atoms with E-state index in [0.29, 0.717) is 16.4 Å². The van der Waals surface area contributed by atoms with Gasteiger partial charge in [0.15, 0.2) is 5.75 Å². The third kappa shape index (κ3) is 6.40. The molecule has 1 aromatic heterocycles. The highest BCUT2D eigenvalue weighted by Crippen LogP contribution is 2.35. The van der Waals surface area contributed by atoms with E-state index in [9.17, 15) is 23.1 Å². The number of ether oxygens (including phenoxy) is 1. The number of aliphatic hydroxyl groups excluding tert-OH is 1. The lowest BCUT2D eigenvalue weighted by molar-refractivity contribution is 0.0388. The molecule has 0 saturated carbocycles. The number of nitrogens with one attached hydrogen (secondary N) is 1. The summed E-state index contributed by atoms with van der Waals surface area (Å²) in [5.74, 6) is -1.06. The number of benzene rings is 2. The monoisotopic (exact) mass is 603 g/mol. The lowest BCUT2D eigenvalue weighted by atomic mass is 9.99. The Bertz CT molecular complexity index is 1540. The fourth-order valence-electron chi connectivity index (χ4n) is 4.71. The van der Waals surface area contributed by atoms with Gasteiger partial charge in [-0.3, -0.25) is 14.3 Å². The summed E-state index contributed by atoms with van der Waals surface area (Å²) in [6.45, 7) is 5.25. The largest absolute Gasteiger partial charge is 0.486 e. The molecule has 0 bridgehead atoms. The maximum Gasteiger partial charge on any atom is 0.274 e. The number of halogens is 1. The number of nitrogens with zero attached hydrogens (tertiary/aromatic N) is 4. The number of para-hydroxylation sites is 1. The number of aliphatic hydroxyl groups is 1. The van der Waals surface area contributed by atoms with Crippen LogP contribution >= 0.6 is 11.6 Å². The zero-order chi connectivity index (χ0) is 30.1. The minimum Gasteiger partial charge on any atom is -0.486 e. The Labute approximate surface area is 244 Å². The van der Waals surface area contributed by atoms with Gasteiger partial charge < -0.3 is 20.1 Å². The quantitative estimate of drug-likeness (QED) is 0.404. The number of rotatable bonds is 8. The van der Waals surface area contributed by atoms with Crippen molar-refractivity contribution in [3.05, 3.63) is 70.5 Å². The first-order valence-corrected chi connectivity index (χ1v) is 14.9. The molecule has 2 N–H and O–H groups in total. The molecular weight excluding hydrogens is 570 g/mol. The number of hydrogen-bond donors (Lipinski definition) is 2. The van der Waals surface area contributed by atoms with Crippen LogP contribution in [0, 0.1) is 12.8 Å². The molecule has 41 heavy (non-hydrogen) atoms. The van der Waals surface area contributed by atoms with Crippen molar-refractivity contribution in [3.63, 3.8) is 0 Å². The van der Waals surface area contributed by atoms with Gasteiger partial charge in [-0.05, 0) is 56.3 Å². The SMILES string of the molecule is Cc1cc(C(=O)Nc2cccc3c2O[C@H](CN(C)S(=O)(=O)c2ccc(Cl)cc2)[C@@H](C)CN([C@@H](C)CO)C3=O)n(C)n1. The summed E-state index contributed by atoms with van der Waals surface area (Å²) in [7, 11) is -0.786. The minimum atomic E-state index is -3.90. The number of aromatic nitrogens is 2. The second-order valence-corrected chi connectivity index (χ2v) is 12.8. The summed E-state index contributed by atoms with van der Waals surface area (Å²) in [5.41, 5.74) is 1.41. The van der Waals surface area contributed by atoms with Crippen molar-refractivity contribution in [2.24, 2.45) is 13.0 Å². The molecule has 2 amide bonds. The number of amides is 2. The van der Waals surface area contributed by atoms with E-state index in [2.05, 4.69) is 10.4 Å². The number of carbonyl (C=O) groups excluding carboxylic acids is 2. The van der Waals surface area contributed by atoms with Crippen LogP contribution in [0.1, 0.15) is 40.4 Å². The highest BCUT2D eigenvalue weighted by Gasteiger charge is 2.36. The van der Waals surface area contributed by atoms with Crippen LogP contribution in [0.15, 0.2) is 53.4 Å². The second kappa shape index (κ2) is 12.2. The van der Waals surface area contributed by atoms with E-state index >= 15 is 0 Å². The summed E-state index contributed by atoms with van der Waals surface area (Å²) < 4.78 is 35.8. The van der Waals surface area contributed by atoms with Crippen molar-refractivity contribution in [1.29, 1.82) is 0 Å². The zero-order valence-electron chi connectivity index (χ0n) is 23.5. The molecule has 1 aliphatic heterocycles. The lowest BCUT2D eigenvalue weighted by Crippen LogP contribution is -2.50. The molecule has 3 atom stereocenters. The Hall–Kier alpha value is -3.45. The lowest BCUT2D eigenvalue weighted by Gasteiger charge is -2.38. The predicted molar refractivity (Wildman–Crippen MR) is 155 cm³/mol. The molecular formula is C28H34ClN5O6S. The van der Waals surface area contributed by atoms with E-state index in [1.807, 2.05) is 6.92 Å². The molecule has 0 radical (unpaired) electrons. The second-order valence-electron chi connectivity index (χ2n) is 10.3. The normalized spacial score (nSPS) is 18.3. The van der Waals surface area contributed by atoms with Crippen LogP contribution in [0.3, 0.4) is 0 Å². The van der Waals surface area contributed by atoms with E-state index < -0.39 is 28.1 Å². The summed E-state index contributed by atoms with van der Waals surface area (Å²) in [5, 5.41) is 17.4. The number of anilines is 1. The number of aryl methyl sites for hydroxylation is 2. The van der Waals surface area contributed by atoms with Crippen molar-refractivity contribution in [1.82, 2.24) is 19.0 Å². The van der Waals surface area contributed by atoms with Crippen molar-refractivity contribution in [3.8, 4) is 5.75 Å². The van der Waals surface area contributed by atoms with E-state index in [-0.39, 0.29) is 53.4 Å². The Morgan fingerprint density at radius 1 is 1.27 bits per heavy atom. The highest BCUT2D eigenvalue weighted by molar-refractivity contribution is 7.89. The standard InChI is InChI=1S/C28H34ClN5O6S/c1-17-14-34(19(3)16-35)28(37)22-7-6-8-23(30-27(36)24-13-18(2)31-33(24)5)26(22)40-25(17)15-32(4)41(38,39)21-11-9-20(29)10-12-21/h6-13,17,19,25,35H,14-16H2,1-5H3,(H,30,36)/t17-,19-,25+/m0/s1.